The molecule has 1 aromatic heterocycles. The largest absolute Gasteiger partial charge is 0.321 e. The first-order chi connectivity index (χ1) is 9.69. The van der Waals surface area contributed by atoms with Crippen LogP contribution in [0.2, 0.25) is 0 Å². The molecule has 1 aromatic carbocycles. The third-order valence-electron chi connectivity index (χ3n) is 2.78. The number of rotatable bonds is 5. The first-order valence-electron chi connectivity index (χ1n) is 6.58. The van der Waals surface area contributed by atoms with Gasteiger partial charge in [0.25, 0.3) is 5.91 Å². The molecule has 1 heterocycles. The van der Waals surface area contributed by atoms with E-state index in [4.69, 9.17) is 0 Å². The number of anilines is 1. The van der Waals surface area contributed by atoms with Crippen molar-refractivity contribution < 1.29 is 4.79 Å². The molecule has 1 amide bonds. The van der Waals surface area contributed by atoms with Crippen molar-refractivity contribution in [3.05, 3.63) is 53.6 Å². The monoisotopic (exact) mass is 270 g/mol. The van der Waals surface area contributed by atoms with Gasteiger partial charge in [-0.2, -0.15) is 0 Å². The van der Waals surface area contributed by atoms with Crippen LogP contribution in [0.3, 0.4) is 0 Å². The Labute approximate surface area is 118 Å². The van der Waals surface area contributed by atoms with Crippen molar-refractivity contribution in [1.29, 1.82) is 0 Å². The lowest BCUT2D eigenvalue weighted by atomic mass is 10.2. The van der Waals surface area contributed by atoms with Crippen molar-refractivity contribution in [3.8, 4) is 0 Å². The third kappa shape index (κ3) is 3.86. The maximum absolute atomic E-state index is 12.0. The van der Waals surface area contributed by atoms with Crippen molar-refractivity contribution in [3.63, 3.8) is 0 Å². The van der Waals surface area contributed by atoms with E-state index < -0.39 is 0 Å². The standard InChI is InChI=1S/C15H18N4O/c1-3-16-9-12-5-4-6-13(7-12)19-15(20)14-10-17-11(2)8-18-14/h4-8,10,16H,3,9H2,1-2H3,(H,19,20). The van der Waals surface area contributed by atoms with Crippen molar-refractivity contribution in [2.45, 2.75) is 20.4 Å². The number of benzene rings is 1. The van der Waals surface area contributed by atoms with Gasteiger partial charge in [0.05, 0.1) is 11.9 Å². The van der Waals surface area contributed by atoms with Crippen molar-refractivity contribution in [1.82, 2.24) is 15.3 Å². The van der Waals surface area contributed by atoms with Gasteiger partial charge in [-0.15, -0.1) is 0 Å². The molecule has 0 saturated heterocycles. The molecule has 0 fully saturated rings. The van der Waals surface area contributed by atoms with Gasteiger partial charge in [0.1, 0.15) is 5.69 Å². The molecule has 0 atom stereocenters. The Morgan fingerprint density at radius 3 is 2.80 bits per heavy atom. The topological polar surface area (TPSA) is 66.9 Å². The quantitative estimate of drug-likeness (QED) is 0.873. The summed E-state index contributed by atoms with van der Waals surface area (Å²) >= 11 is 0. The molecule has 0 unspecified atom stereocenters. The second-order valence-electron chi connectivity index (χ2n) is 4.48. The van der Waals surface area contributed by atoms with E-state index in [1.165, 1.54) is 6.20 Å². The van der Waals surface area contributed by atoms with Crippen LogP contribution in [-0.2, 0) is 6.54 Å². The summed E-state index contributed by atoms with van der Waals surface area (Å²) in [5.74, 6) is -0.252. The maximum atomic E-state index is 12.0. The summed E-state index contributed by atoms with van der Waals surface area (Å²) in [6.07, 6.45) is 3.06. The van der Waals surface area contributed by atoms with Gasteiger partial charge in [0.15, 0.2) is 0 Å². The van der Waals surface area contributed by atoms with E-state index in [1.54, 1.807) is 6.20 Å². The van der Waals surface area contributed by atoms with Gasteiger partial charge in [-0.1, -0.05) is 19.1 Å². The number of nitrogens with zero attached hydrogens (tertiary/aromatic N) is 2. The summed E-state index contributed by atoms with van der Waals surface area (Å²) in [6, 6.07) is 7.74. The Morgan fingerprint density at radius 1 is 1.25 bits per heavy atom. The lowest BCUT2D eigenvalue weighted by Crippen LogP contribution is -2.15. The fourth-order valence-corrected chi connectivity index (χ4v) is 1.73. The van der Waals surface area contributed by atoms with Crippen molar-refractivity contribution in [2.75, 3.05) is 11.9 Å². The zero-order valence-corrected chi connectivity index (χ0v) is 11.7. The van der Waals surface area contributed by atoms with Crippen LogP contribution < -0.4 is 10.6 Å². The molecule has 5 heteroatoms. The number of hydrogen-bond donors (Lipinski definition) is 2. The second kappa shape index (κ2) is 6.77. The van der Waals surface area contributed by atoms with Gasteiger partial charge in [-0.05, 0) is 31.2 Å². The van der Waals surface area contributed by atoms with Gasteiger partial charge >= 0.3 is 0 Å². The Morgan fingerprint density at radius 2 is 2.10 bits per heavy atom. The molecule has 2 rings (SSSR count). The van der Waals surface area contributed by atoms with Crippen LogP contribution in [0.15, 0.2) is 36.7 Å². The molecule has 0 aliphatic heterocycles. The van der Waals surface area contributed by atoms with Gasteiger partial charge in [0, 0.05) is 18.4 Å². The van der Waals surface area contributed by atoms with E-state index in [2.05, 4.69) is 27.5 Å². The van der Waals surface area contributed by atoms with Crippen LogP contribution in [-0.4, -0.2) is 22.4 Å². The fourth-order valence-electron chi connectivity index (χ4n) is 1.73. The lowest BCUT2D eigenvalue weighted by Gasteiger charge is -2.07. The first-order valence-corrected chi connectivity index (χ1v) is 6.58. The normalized spacial score (nSPS) is 10.3. The van der Waals surface area contributed by atoms with Crippen LogP contribution in [0.5, 0.6) is 0 Å². The highest BCUT2D eigenvalue weighted by molar-refractivity contribution is 6.02. The predicted octanol–water partition coefficient (Wildman–Crippen LogP) is 2.15. The Kier molecular flexibility index (Phi) is 4.79. The molecule has 20 heavy (non-hydrogen) atoms. The summed E-state index contributed by atoms with van der Waals surface area (Å²) in [7, 11) is 0. The zero-order chi connectivity index (χ0) is 14.4. The number of amides is 1. The van der Waals surface area contributed by atoms with E-state index in [-0.39, 0.29) is 5.91 Å². The molecule has 0 aliphatic carbocycles. The van der Waals surface area contributed by atoms with E-state index in [9.17, 15) is 4.79 Å². The number of hydrogen-bond acceptors (Lipinski definition) is 4. The first kappa shape index (κ1) is 14.1. The van der Waals surface area contributed by atoms with Crippen LogP contribution in [0.25, 0.3) is 0 Å². The lowest BCUT2D eigenvalue weighted by molar-refractivity contribution is 0.102. The number of carbonyl (C=O) groups excluding carboxylic acids is 1. The van der Waals surface area contributed by atoms with Gasteiger partial charge in [-0.25, -0.2) is 4.98 Å². The number of carbonyl (C=O) groups is 1. The van der Waals surface area contributed by atoms with Gasteiger partial charge in [0.2, 0.25) is 0 Å². The van der Waals surface area contributed by atoms with E-state index in [0.717, 1.165) is 30.0 Å². The van der Waals surface area contributed by atoms with Crippen LogP contribution in [0.1, 0.15) is 28.7 Å². The molecule has 104 valence electrons. The summed E-state index contributed by atoms with van der Waals surface area (Å²) in [6.45, 7) is 5.58. The third-order valence-corrected chi connectivity index (χ3v) is 2.78. The predicted molar refractivity (Wildman–Crippen MR) is 78.5 cm³/mol. The van der Waals surface area contributed by atoms with Crippen LogP contribution >= 0.6 is 0 Å². The second-order valence-corrected chi connectivity index (χ2v) is 4.48. The number of aromatic nitrogens is 2. The molecule has 5 nitrogen and oxygen atoms in total. The Hall–Kier alpha value is -2.27. The minimum atomic E-state index is -0.252. The van der Waals surface area contributed by atoms with Crippen LogP contribution in [0, 0.1) is 6.92 Å². The summed E-state index contributed by atoms with van der Waals surface area (Å²) in [5, 5.41) is 6.07. The highest BCUT2D eigenvalue weighted by Gasteiger charge is 2.08. The van der Waals surface area contributed by atoms with Gasteiger partial charge in [-0.3, -0.25) is 9.78 Å². The summed E-state index contributed by atoms with van der Waals surface area (Å²) in [5.41, 5.74) is 2.98. The van der Waals surface area contributed by atoms with Crippen LogP contribution in [0.4, 0.5) is 5.69 Å². The highest BCUT2D eigenvalue weighted by Crippen LogP contribution is 2.11. The zero-order valence-electron chi connectivity index (χ0n) is 11.7. The number of nitrogens with one attached hydrogen (secondary N) is 2. The fraction of sp³-hybridized carbons (Fsp3) is 0.267. The smallest absolute Gasteiger partial charge is 0.275 e. The molecule has 0 aliphatic rings. The molecular weight excluding hydrogens is 252 g/mol. The average Bonchev–Trinajstić information content (AvgIpc) is 2.46. The van der Waals surface area contributed by atoms with E-state index in [0.29, 0.717) is 5.69 Å². The Bertz CT molecular complexity index is 581. The molecule has 2 aromatic rings. The van der Waals surface area contributed by atoms with Crippen molar-refractivity contribution >= 4 is 11.6 Å². The molecule has 0 radical (unpaired) electrons. The minimum Gasteiger partial charge on any atom is -0.321 e. The number of aryl methyl sites for hydroxylation is 1. The average molecular weight is 270 g/mol. The molecule has 2 N–H and O–H groups in total. The highest BCUT2D eigenvalue weighted by atomic mass is 16.1. The molecule has 0 saturated carbocycles. The molecule has 0 bridgehead atoms. The van der Waals surface area contributed by atoms with Gasteiger partial charge < -0.3 is 10.6 Å². The summed E-state index contributed by atoms with van der Waals surface area (Å²) < 4.78 is 0. The Balaban J connectivity index is 2.05. The van der Waals surface area contributed by atoms with Crippen molar-refractivity contribution in [2.24, 2.45) is 0 Å². The minimum absolute atomic E-state index is 0.252. The molecule has 0 spiro atoms. The van der Waals surface area contributed by atoms with E-state index in [1.807, 2.05) is 31.2 Å². The maximum Gasteiger partial charge on any atom is 0.275 e. The SMILES string of the molecule is CCNCc1cccc(NC(=O)c2cnc(C)cn2)c1. The molecular formula is C15H18N4O. The van der Waals surface area contributed by atoms with E-state index >= 15 is 0 Å². The summed E-state index contributed by atoms with van der Waals surface area (Å²) in [4.78, 5) is 20.1.